The SMILES string of the molecule is O=C(NCC(O)c1ccco1)Nc1ccn(Cc2ccccc2)n1. The van der Waals surface area contributed by atoms with E-state index in [1.54, 1.807) is 29.1 Å². The molecule has 0 aliphatic heterocycles. The summed E-state index contributed by atoms with van der Waals surface area (Å²) in [7, 11) is 0. The van der Waals surface area contributed by atoms with Crippen LogP contribution in [-0.4, -0.2) is 27.5 Å². The first-order chi connectivity index (χ1) is 11.7. The van der Waals surface area contributed by atoms with Gasteiger partial charge in [0.05, 0.1) is 19.4 Å². The normalized spacial score (nSPS) is 11.9. The Morgan fingerprint density at radius 2 is 2.04 bits per heavy atom. The molecule has 124 valence electrons. The molecule has 7 heteroatoms. The lowest BCUT2D eigenvalue weighted by Crippen LogP contribution is -2.32. The molecule has 0 spiro atoms. The van der Waals surface area contributed by atoms with Crippen LogP contribution in [0.2, 0.25) is 0 Å². The Hall–Kier alpha value is -3.06. The second-order valence-electron chi connectivity index (χ2n) is 5.25. The fourth-order valence-corrected chi connectivity index (χ4v) is 2.22. The van der Waals surface area contributed by atoms with Crippen molar-refractivity contribution in [3.05, 3.63) is 72.3 Å². The van der Waals surface area contributed by atoms with Crippen LogP contribution in [0.4, 0.5) is 10.6 Å². The van der Waals surface area contributed by atoms with Crippen LogP contribution >= 0.6 is 0 Å². The van der Waals surface area contributed by atoms with Crippen molar-refractivity contribution in [3.8, 4) is 0 Å². The van der Waals surface area contributed by atoms with Gasteiger partial charge in [0.15, 0.2) is 5.82 Å². The zero-order valence-corrected chi connectivity index (χ0v) is 12.9. The highest BCUT2D eigenvalue weighted by atomic mass is 16.4. The summed E-state index contributed by atoms with van der Waals surface area (Å²) in [4.78, 5) is 11.8. The van der Waals surface area contributed by atoms with Gasteiger partial charge in [-0.3, -0.25) is 10.00 Å². The molecule has 1 atom stereocenters. The molecule has 3 aromatic rings. The van der Waals surface area contributed by atoms with Crippen molar-refractivity contribution < 1.29 is 14.3 Å². The largest absolute Gasteiger partial charge is 0.467 e. The highest BCUT2D eigenvalue weighted by molar-refractivity contribution is 5.88. The number of nitrogens with zero attached hydrogens (tertiary/aromatic N) is 2. The average molecular weight is 326 g/mol. The molecule has 0 saturated heterocycles. The number of aliphatic hydroxyl groups is 1. The van der Waals surface area contributed by atoms with Gasteiger partial charge in [-0.05, 0) is 17.7 Å². The van der Waals surface area contributed by atoms with E-state index in [1.807, 2.05) is 30.3 Å². The summed E-state index contributed by atoms with van der Waals surface area (Å²) in [6.07, 6.45) is 2.37. The first-order valence-corrected chi connectivity index (χ1v) is 7.54. The third-order valence-electron chi connectivity index (χ3n) is 3.40. The number of aromatic nitrogens is 2. The summed E-state index contributed by atoms with van der Waals surface area (Å²) in [5.74, 6) is 0.846. The first-order valence-electron chi connectivity index (χ1n) is 7.54. The Balaban J connectivity index is 1.48. The van der Waals surface area contributed by atoms with Gasteiger partial charge in [-0.2, -0.15) is 5.10 Å². The van der Waals surface area contributed by atoms with Gasteiger partial charge in [-0.1, -0.05) is 30.3 Å². The van der Waals surface area contributed by atoms with Crippen LogP contribution in [0.25, 0.3) is 0 Å². The van der Waals surface area contributed by atoms with Crippen LogP contribution in [-0.2, 0) is 6.54 Å². The van der Waals surface area contributed by atoms with Gasteiger partial charge < -0.3 is 14.8 Å². The number of benzene rings is 1. The number of urea groups is 1. The van der Waals surface area contributed by atoms with Crippen LogP contribution in [0.15, 0.2) is 65.4 Å². The smallest absolute Gasteiger partial charge is 0.320 e. The van der Waals surface area contributed by atoms with E-state index >= 15 is 0 Å². The van der Waals surface area contributed by atoms with E-state index in [2.05, 4.69) is 15.7 Å². The number of nitrogens with one attached hydrogen (secondary N) is 2. The second-order valence-corrected chi connectivity index (χ2v) is 5.25. The van der Waals surface area contributed by atoms with Crippen molar-refractivity contribution in [2.75, 3.05) is 11.9 Å². The minimum atomic E-state index is -0.888. The third kappa shape index (κ3) is 4.23. The van der Waals surface area contributed by atoms with Crippen LogP contribution in [0.1, 0.15) is 17.4 Å². The minimum absolute atomic E-state index is 0.0457. The van der Waals surface area contributed by atoms with Crippen LogP contribution in [0.3, 0.4) is 0 Å². The monoisotopic (exact) mass is 326 g/mol. The maximum atomic E-state index is 11.8. The molecule has 1 unspecified atom stereocenters. The van der Waals surface area contributed by atoms with Gasteiger partial charge >= 0.3 is 6.03 Å². The first kappa shape index (κ1) is 15.8. The van der Waals surface area contributed by atoms with Crippen molar-refractivity contribution in [3.63, 3.8) is 0 Å². The molecule has 3 N–H and O–H groups in total. The standard InChI is InChI=1S/C17H18N4O3/c22-14(15-7-4-10-24-15)11-18-17(23)19-16-8-9-21(20-16)12-13-5-2-1-3-6-13/h1-10,14,22H,11-12H2,(H2,18,19,20,23). The zero-order chi connectivity index (χ0) is 16.8. The van der Waals surface area contributed by atoms with Gasteiger partial charge in [0.2, 0.25) is 0 Å². The van der Waals surface area contributed by atoms with Gasteiger partial charge in [0.1, 0.15) is 11.9 Å². The molecule has 0 saturated carbocycles. The van der Waals surface area contributed by atoms with E-state index < -0.39 is 12.1 Å². The molecule has 3 rings (SSSR count). The lowest BCUT2D eigenvalue weighted by atomic mass is 10.2. The number of carbonyl (C=O) groups excluding carboxylic acids is 1. The maximum Gasteiger partial charge on any atom is 0.320 e. The van der Waals surface area contributed by atoms with Crippen LogP contribution < -0.4 is 10.6 Å². The van der Waals surface area contributed by atoms with E-state index in [0.29, 0.717) is 18.1 Å². The van der Waals surface area contributed by atoms with Gasteiger partial charge in [0.25, 0.3) is 0 Å². The maximum absolute atomic E-state index is 11.8. The minimum Gasteiger partial charge on any atom is -0.467 e. The molecular formula is C17H18N4O3. The average Bonchev–Trinajstić information content (AvgIpc) is 3.26. The van der Waals surface area contributed by atoms with Crippen molar-refractivity contribution in [1.29, 1.82) is 0 Å². The molecule has 0 bridgehead atoms. The summed E-state index contributed by atoms with van der Waals surface area (Å²) in [6, 6.07) is 14.5. The van der Waals surface area contributed by atoms with E-state index in [4.69, 9.17) is 4.42 Å². The predicted molar refractivity (Wildman–Crippen MR) is 88.5 cm³/mol. The fraction of sp³-hybridized carbons (Fsp3) is 0.176. The van der Waals surface area contributed by atoms with Gasteiger partial charge in [0, 0.05) is 12.3 Å². The lowest BCUT2D eigenvalue weighted by molar-refractivity contribution is 0.149. The van der Waals surface area contributed by atoms with Gasteiger partial charge in [-0.15, -0.1) is 0 Å². The Labute approximate surface area is 138 Å². The molecular weight excluding hydrogens is 308 g/mol. The number of anilines is 1. The van der Waals surface area contributed by atoms with Crippen molar-refractivity contribution in [1.82, 2.24) is 15.1 Å². The Bertz CT molecular complexity index is 768. The molecule has 0 aliphatic rings. The zero-order valence-electron chi connectivity index (χ0n) is 12.9. The van der Waals surface area contributed by atoms with Crippen molar-refractivity contribution >= 4 is 11.8 Å². The number of amides is 2. The predicted octanol–water partition coefficient (Wildman–Crippen LogP) is 2.38. The van der Waals surface area contributed by atoms with Crippen molar-refractivity contribution in [2.24, 2.45) is 0 Å². The number of furan rings is 1. The van der Waals surface area contributed by atoms with E-state index in [1.165, 1.54) is 6.26 Å². The summed E-state index contributed by atoms with van der Waals surface area (Å²) in [5, 5.41) is 19.3. The van der Waals surface area contributed by atoms with Crippen molar-refractivity contribution in [2.45, 2.75) is 12.6 Å². The molecule has 2 aromatic heterocycles. The summed E-state index contributed by atoms with van der Waals surface area (Å²) < 4.78 is 6.81. The van der Waals surface area contributed by atoms with E-state index in [0.717, 1.165) is 5.56 Å². The molecule has 0 aliphatic carbocycles. The summed E-state index contributed by atoms with van der Waals surface area (Å²) in [5.41, 5.74) is 1.12. The molecule has 1 aromatic carbocycles. The highest BCUT2D eigenvalue weighted by Crippen LogP contribution is 2.11. The Kier molecular flexibility index (Phi) is 4.93. The topological polar surface area (TPSA) is 92.3 Å². The van der Waals surface area contributed by atoms with Gasteiger partial charge in [-0.25, -0.2) is 4.79 Å². The third-order valence-corrected chi connectivity index (χ3v) is 3.40. The molecule has 24 heavy (non-hydrogen) atoms. The number of aliphatic hydroxyl groups excluding tert-OH is 1. The second kappa shape index (κ2) is 7.47. The van der Waals surface area contributed by atoms with E-state index in [-0.39, 0.29) is 6.54 Å². The molecule has 2 amide bonds. The van der Waals surface area contributed by atoms with Crippen LogP contribution in [0, 0.1) is 0 Å². The number of rotatable bonds is 6. The highest BCUT2D eigenvalue weighted by Gasteiger charge is 2.12. The molecule has 2 heterocycles. The Morgan fingerprint density at radius 1 is 1.21 bits per heavy atom. The molecule has 0 radical (unpaired) electrons. The Morgan fingerprint density at radius 3 is 2.79 bits per heavy atom. The number of hydrogen-bond acceptors (Lipinski definition) is 4. The quantitative estimate of drug-likeness (QED) is 0.648. The summed E-state index contributed by atoms with van der Waals surface area (Å²) >= 11 is 0. The van der Waals surface area contributed by atoms with E-state index in [9.17, 15) is 9.90 Å². The van der Waals surface area contributed by atoms with Crippen LogP contribution in [0.5, 0.6) is 0 Å². The molecule has 7 nitrogen and oxygen atoms in total. The molecule has 0 fully saturated rings. The number of carbonyl (C=O) groups is 1. The lowest BCUT2D eigenvalue weighted by Gasteiger charge is -2.09. The summed E-state index contributed by atoms with van der Waals surface area (Å²) in [6.45, 7) is 0.672. The fourth-order valence-electron chi connectivity index (χ4n) is 2.22. The number of hydrogen-bond donors (Lipinski definition) is 3.